The average Bonchev–Trinajstić information content (AvgIpc) is 2.30. The zero-order chi connectivity index (χ0) is 15.8. The maximum atomic E-state index is 13.7. The number of nitrogen functional groups attached to an aromatic ring is 1. The van der Waals surface area contributed by atoms with E-state index in [2.05, 4.69) is 4.72 Å². The van der Waals surface area contributed by atoms with Gasteiger partial charge >= 0.3 is 0 Å². The molecule has 0 saturated heterocycles. The van der Waals surface area contributed by atoms with Crippen molar-refractivity contribution in [1.82, 2.24) is 0 Å². The van der Waals surface area contributed by atoms with Crippen LogP contribution in [-0.2, 0) is 10.0 Å². The highest BCUT2D eigenvalue weighted by Gasteiger charge is 2.21. The predicted octanol–water partition coefficient (Wildman–Crippen LogP) is 3.48. The van der Waals surface area contributed by atoms with Crippen LogP contribution < -0.4 is 10.5 Å². The standard InChI is InChI=1S/C14H14ClFN2O2S/c1-8-5-11(17)6-9(2)14(8)21(19,20)18-13-4-3-10(15)7-12(13)16/h3-7,18H,17H2,1-2H3. The highest BCUT2D eigenvalue weighted by molar-refractivity contribution is 7.92. The molecule has 2 aromatic carbocycles. The number of hydrogen-bond donors (Lipinski definition) is 2. The van der Waals surface area contributed by atoms with Crippen molar-refractivity contribution in [3.05, 3.63) is 52.3 Å². The first kappa shape index (κ1) is 15.6. The van der Waals surface area contributed by atoms with Gasteiger partial charge in [0.1, 0.15) is 5.82 Å². The number of benzene rings is 2. The summed E-state index contributed by atoms with van der Waals surface area (Å²) in [4.78, 5) is 0.0889. The SMILES string of the molecule is Cc1cc(N)cc(C)c1S(=O)(=O)Nc1ccc(Cl)cc1F. The van der Waals surface area contributed by atoms with Gasteiger partial charge in [0.05, 0.1) is 10.6 Å². The first-order valence-electron chi connectivity index (χ1n) is 6.05. The first-order valence-corrected chi connectivity index (χ1v) is 7.91. The summed E-state index contributed by atoms with van der Waals surface area (Å²) < 4.78 is 40.8. The van der Waals surface area contributed by atoms with E-state index in [0.29, 0.717) is 16.8 Å². The Morgan fingerprint density at radius 1 is 1.14 bits per heavy atom. The van der Waals surface area contributed by atoms with Gasteiger partial charge in [0.15, 0.2) is 0 Å². The Kier molecular flexibility index (Phi) is 4.11. The van der Waals surface area contributed by atoms with E-state index in [9.17, 15) is 12.8 Å². The van der Waals surface area contributed by atoms with Gasteiger partial charge in [-0.05, 0) is 55.3 Å². The topological polar surface area (TPSA) is 72.2 Å². The lowest BCUT2D eigenvalue weighted by Crippen LogP contribution is -2.16. The summed E-state index contributed by atoms with van der Waals surface area (Å²) in [7, 11) is -3.92. The van der Waals surface area contributed by atoms with Crippen molar-refractivity contribution in [2.45, 2.75) is 18.7 Å². The minimum atomic E-state index is -3.92. The summed E-state index contributed by atoms with van der Waals surface area (Å²) in [6, 6.07) is 6.84. The summed E-state index contributed by atoms with van der Waals surface area (Å²) in [5.74, 6) is -0.739. The summed E-state index contributed by atoms with van der Waals surface area (Å²) >= 11 is 5.64. The van der Waals surface area contributed by atoms with Crippen molar-refractivity contribution in [3.8, 4) is 0 Å². The molecular formula is C14H14ClFN2O2S. The second-order valence-corrected chi connectivity index (χ2v) is 6.77. The molecule has 0 atom stereocenters. The maximum absolute atomic E-state index is 13.7. The molecule has 2 aromatic rings. The molecule has 0 amide bonds. The highest BCUT2D eigenvalue weighted by Crippen LogP contribution is 2.27. The van der Waals surface area contributed by atoms with Crippen molar-refractivity contribution in [1.29, 1.82) is 0 Å². The van der Waals surface area contributed by atoms with Gasteiger partial charge in [-0.15, -0.1) is 0 Å². The summed E-state index contributed by atoms with van der Waals surface area (Å²) in [6.07, 6.45) is 0. The zero-order valence-corrected chi connectivity index (χ0v) is 13.0. The fraction of sp³-hybridized carbons (Fsp3) is 0.143. The quantitative estimate of drug-likeness (QED) is 0.847. The molecule has 0 aliphatic carbocycles. The van der Waals surface area contributed by atoms with E-state index in [4.69, 9.17) is 17.3 Å². The number of sulfonamides is 1. The van der Waals surface area contributed by atoms with Crippen LogP contribution in [0.4, 0.5) is 15.8 Å². The number of halogens is 2. The predicted molar refractivity (Wildman–Crippen MR) is 82.5 cm³/mol. The van der Waals surface area contributed by atoms with E-state index in [1.54, 1.807) is 26.0 Å². The highest BCUT2D eigenvalue weighted by atomic mass is 35.5. The average molecular weight is 329 g/mol. The molecule has 3 N–H and O–H groups in total. The fourth-order valence-electron chi connectivity index (χ4n) is 2.18. The third-order valence-corrected chi connectivity index (χ3v) is 4.83. The monoisotopic (exact) mass is 328 g/mol. The Morgan fingerprint density at radius 2 is 1.71 bits per heavy atom. The molecule has 112 valence electrons. The molecule has 0 radical (unpaired) electrons. The van der Waals surface area contributed by atoms with Crippen LogP contribution in [-0.4, -0.2) is 8.42 Å². The summed E-state index contributed by atoms with van der Waals surface area (Å²) in [5, 5.41) is 0.190. The first-order chi connectivity index (χ1) is 9.70. The molecular weight excluding hydrogens is 315 g/mol. The van der Waals surface area contributed by atoms with E-state index in [0.717, 1.165) is 6.07 Å². The largest absolute Gasteiger partial charge is 0.399 e. The maximum Gasteiger partial charge on any atom is 0.262 e. The summed E-state index contributed by atoms with van der Waals surface area (Å²) in [5.41, 5.74) is 6.98. The number of nitrogens with one attached hydrogen (secondary N) is 1. The van der Waals surface area contributed by atoms with Gasteiger partial charge in [0.25, 0.3) is 10.0 Å². The van der Waals surface area contributed by atoms with Gasteiger partial charge in [-0.3, -0.25) is 4.72 Å². The third-order valence-electron chi connectivity index (χ3n) is 2.93. The molecule has 2 rings (SSSR count). The van der Waals surface area contributed by atoms with Crippen molar-refractivity contribution < 1.29 is 12.8 Å². The number of nitrogens with two attached hydrogens (primary N) is 1. The Morgan fingerprint density at radius 3 is 2.24 bits per heavy atom. The van der Waals surface area contributed by atoms with Gasteiger partial charge in [0.2, 0.25) is 0 Å². The zero-order valence-electron chi connectivity index (χ0n) is 11.4. The lowest BCUT2D eigenvalue weighted by atomic mass is 10.1. The lowest BCUT2D eigenvalue weighted by molar-refractivity contribution is 0.597. The van der Waals surface area contributed by atoms with E-state index in [-0.39, 0.29) is 15.6 Å². The van der Waals surface area contributed by atoms with Gasteiger partial charge in [0, 0.05) is 10.7 Å². The van der Waals surface area contributed by atoms with Crippen LogP contribution in [0.2, 0.25) is 5.02 Å². The van der Waals surface area contributed by atoms with Crippen molar-refractivity contribution >= 4 is 33.0 Å². The van der Waals surface area contributed by atoms with Crippen LogP contribution >= 0.6 is 11.6 Å². The van der Waals surface area contributed by atoms with Gasteiger partial charge in [-0.2, -0.15) is 0 Å². The number of hydrogen-bond acceptors (Lipinski definition) is 3. The van der Waals surface area contributed by atoms with E-state index in [1.165, 1.54) is 12.1 Å². The van der Waals surface area contributed by atoms with Crippen molar-refractivity contribution in [3.63, 3.8) is 0 Å². The molecule has 21 heavy (non-hydrogen) atoms. The molecule has 0 aliphatic heterocycles. The normalized spacial score (nSPS) is 11.4. The molecule has 0 fully saturated rings. The molecule has 0 heterocycles. The minimum Gasteiger partial charge on any atom is -0.399 e. The Balaban J connectivity index is 2.48. The Hall–Kier alpha value is -1.79. The molecule has 0 aliphatic rings. The van der Waals surface area contributed by atoms with Crippen molar-refractivity contribution in [2.75, 3.05) is 10.5 Å². The second-order valence-electron chi connectivity index (χ2n) is 4.71. The van der Waals surface area contributed by atoms with Crippen molar-refractivity contribution in [2.24, 2.45) is 0 Å². The van der Waals surface area contributed by atoms with E-state index in [1.807, 2.05) is 0 Å². The van der Waals surface area contributed by atoms with Gasteiger partial charge in [-0.1, -0.05) is 11.6 Å². The third kappa shape index (κ3) is 3.28. The van der Waals surface area contributed by atoms with Crippen LogP contribution in [0.25, 0.3) is 0 Å². The number of aryl methyl sites for hydroxylation is 2. The lowest BCUT2D eigenvalue weighted by Gasteiger charge is -2.14. The number of anilines is 2. The van der Waals surface area contributed by atoms with Crippen LogP contribution in [0.1, 0.15) is 11.1 Å². The summed E-state index contributed by atoms with van der Waals surface area (Å²) in [6.45, 7) is 3.27. The number of rotatable bonds is 3. The van der Waals surface area contributed by atoms with E-state index < -0.39 is 15.8 Å². The van der Waals surface area contributed by atoms with Gasteiger partial charge in [-0.25, -0.2) is 12.8 Å². The molecule has 0 saturated carbocycles. The molecule has 4 nitrogen and oxygen atoms in total. The smallest absolute Gasteiger partial charge is 0.262 e. The van der Waals surface area contributed by atoms with Gasteiger partial charge < -0.3 is 5.73 Å². The molecule has 0 spiro atoms. The molecule has 0 aromatic heterocycles. The molecule has 0 bridgehead atoms. The van der Waals surface area contributed by atoms with Crippen LogP contribution in [0.3, 0.4) is 0 Å². The minimum absolute atomic E-state index is 0.0889. The Bertz CT molecular complexity index is 784. The van der Waals surface area contributed by atoms with Crippen LogP contribution in [0.15, 0.2) is 35.2 Å². The molecule has 0 unspecified atom stereocenters. The van der Waals surface area contributed by atoms with Crippen LogP contribution in [0.5, 0.6) is 0 Å². The fourth-order valence-corrected chi connectivity index (χ4v) is 3.86. The Labute approximate surface area is 127 Å². The molecule has 7 heteroatoms. The second kappa shape index (κ2) is 5.54. The van der Waals surface area contributed by atoms with Crippen LogP contribution in [0, 0.1) is 19.7 Å². The van der Waals surface area contributed by atoms with E-state index >= 15 is 0 Å².